The van der Waals surface area contributed by atoms with Gasteiger partial charge in [-0.25, -0.2) is 9.78 Å². The van der Waals surface area contributed by atoms with Crippen molar-refractivity contribution in [3.63, 3.8) is 0 Å². The lowest BCUT2D eigenvalue weighted by Crippen LogP contribution is -2.04. The molecule has 0 amide bonds. The summed E-state index contributed by atoms with van der Waals surface area (Å²) in [6.45, 7) is 0. The molecule has 0 spiro atoms. The van der Waals surface area contributed by atoms with E-state index in [1.807, 2.05) is 0 Å². The van der Waals surface area contributed by atoms with Crippen LogP contribution in [0.1, 0.15) is 10.6 Å². The van der Waals surface area contributed by atoms with Gasteiger partial charge < -0.3 is 8.40 Å². The normalized spacial score (nSPS) is 9.30. The fourth-order valence-corrected chi connectivity index (χ4v) is 0.829. The summed E-state index contributed by atoms with van der Waals surface area (Å²) >= 11 is 0.728. The molecule has 0 atom stereocenters. The van der Waals surface area contributed by atoms with E-state index in [0.717, 1.165) is 16.5 Å². The molecule has 1 aromatic rings. The molecule has 0 aliphatic carbocycles. The molecule has 0 unspecified atom stereocenters. The Hall–Kier alpha value is -0.858. The van der Waals surface area contributed by atoms with Gasteiger partial charge in [-0.05, 0) is 0 Å². The SMILES string of the molecule is COC(=O)c1nc[n]([AlH2])n1. The fourth-order valence-electron chi connectivity index (χ4n) is 0.524. The highest BCUT2D eigenvalue weighted by Crippen LogP contribution is 1.88. The number of esters is 1. The molecule has 0 saturated carbocycles. The first kappa shape index (κ1) is 7.25. The van der Waals surface area contributed by atoms with Crippen LogP contribution in [0.25, 0.3) is 0 Å². The summed E-state index contributed by atoms with van der Waals surface area (Å²) in [5.74, 6) is -0.368. The van der Waals surface area contributed by atoms with Gasteiger partial charge in [0.05, 0.1) is 13.4 Å². The maximum absolute atomic E-state index is 10.7. The van der Waals surface area contributed by atoms with Crippen LogP contribution < -0.4 is 0 Å². The number of nitrogens with zero attached hydrogens (tertiary/aromatic N) is 3. The Morgan fingerprint density at radius 1 is 1.90 bits per heavy atom. The maximum atomic E-state index is 10.7. The Morgan fingerprint density at radius 3 is 3.00 bits per heavy atom. The molecule has 0 fully saturated rings. The van der Waals surface area contributed by atoms with Crippen LogP contribution in [0.3, 0.4) is 0 Å². The van der Waals surface area contributed by atoms with Crippen molar-refractivity contribution >= 4 is 22.5 Å². The smallest absolute Gasteiger partial charge is 0.400 e. The molecule has 0 bridgehead atoms. The van der Waals surface area contributed by atoms with E-state index in [1.54, 1.807) is 3.67 Å². The zero-order valence-electron chi connectivity index (χ0n) is 5.74. The predicted octanol–water partition coefficient (Wildman–Crippen LogP) is -1.54. The highest BCUT2D eigenvalue weighted by Gasteiger charge is 2.08. The van der Waals surface area contributed by atoms with Crippen molar-refractivity contribution in [3.8, 4) is 0 Å². The molecule has 6 heteroatoms. The summed E-state index contributed by atoms with van der Waals surface area (Å²) in [5, 5.41) is 3.77. The van der Waals surface area contributed by atoms with Gasteiger partial charge in [0, 0.05) is 0 Å². The fraction of sp³-hybridized carbons (Fsp3) is 0.250. The Labute approximate surface area is 65.6 Å². The van der Waals surface area contributed by atoms with Gasteiger partial charge in [0.2, 0.25) is 0 Å². The minimum atomic E-state index is -0.491. The van der Waals surface area contributed by atoms with Crippen molar-refractivity contribution in [2.45, 2.75) is 0 Å². The summed E-state index contributed by atoms with van der Waals surface area (Å²) in [6, 6.07) is 0. The van der Waals surface area contributed by atoms with Gasteiger partial charge >= 0.3 is 22.5 Å². The van der Waals surface area contributed by atoms with Gasteiger partial charge in [-0.1, -0.05) is 0 Å². The molecular weight excluding hydrogens is 149 g/mol. The zero-order chi connectivity index (χ0) is 7.56. The standard InChI is InChI=1S/C4H5N3O2.Al.2H/c1-9-4(8)3-5-2-6-7-3;;;/h2H,1H3,(H,5,6,7,8);;;/q;+1;;/p-1. The molecule has 1 rings (SSSR count). The molecule has 0 aliphatic heterocycles. The summed E-state index contributed by atoms with van der Waals surface area (Å²) in [7, 11) is 1.30. The van der Waals surface area contributed by atoms with Crippen LogP contribution in [0.2, 0.25) is 0 Å². The second-order valence-corrected chi connectivity index (χ2v) is 2.65. The monoisotopic (exact) mass is 155 g/mol. The van der Waals surface area contributed by atoms with Crippen LogP contribution in [0.15, 0.2) is 6.33 Å². The number of carbonyl (C=O) groups excluding carboxylic acids is 1. The Balaban J connectivity index is 2.85. The van der Waals surface area contributed by atoms with Gasteiger partial charge in [0.25, 0.3) is 5.82 Å². The zero-order valence-corrected chi connectivity index (χ0v) is 7.74. The van der Waals surface area contributed by atoms with E-state index in [9.17, 15) is 4.79 Å². The molecule has 0 N–H and O–H groups in total. The van der Waals surface area contributed by atoms with E-state index in [1.165, 1.54) is 13.4 Å². The molecular formula is C4H6AlN3O2. The third kappa shape index (κ3) is 1.35. The lowest BCUT2D eigenvalue weighted by atomic mass is 10.6. The Bertz CT molecular complexity index is 246. The van der Waals surface area contributed by atoms with E-state index < -0.39 is 5.97 Å². The minimum Gasteiger partial charge on any atom is -0.463 e. The largest absolute Gasteiger partial charge is 0.463 e. The Morgan fingerprint density at radius 2 is 2.60 bits per heavy atom. The van der Waals surface area contributed by atoms with Crippen molar-refractivity contribution in [1.82, 2.24) is 13.7 Å². The van der Waals surface area contributed by atoms with Crippen LogP contribution in [0, 0.1) is 0 Å². The number of ether oxygens (including phenoxy) is 1. The average Bonchev–Trinajstić information content (AvgIpc) is 2.34. The lowest BCUT2D eigenvalue weighted by molar-refractivity contribution is 0.0587. The van der Waals surface area contributed by atoms with E-state index in [4.69, 9.17) is 0 Å². The van der Waals surface area contributed by atoms with Gasteiger partial charge in [0.1, 0.15) is 0 Å². The Kier molecular flexibility index (Phi) is 2.04. The minimum absolute atomic E-state index is 0.123. The van der Waals surface area contributed by atoms with Gasteiger partial charge in [0.15, 0.2) is 0 Å². The van der Waals surface area contributed by atoms with E-state index in [0.29, 0.717) is 0 Å². The predicted molar refractivity (Wildman–Crippen MR) is 35.3 cm³/mol. The summed E-state index contributed by atoms with van der Waals surface area (Å²) in [4.78, 5) is 14.4. The molecule has 5 nitrogen and oxygen atoms in total. The molecule has 0 radical (unpaired) electrons. The van der Waals surface area contributed by atoms with Crippen LogP contribution in [-0.2, 0) is 4.74 Å². The second-order valence-electron chi connectivity index (χ2n) is 1.73. The molecule has 0 saturated heterocycles. The molecule has 0 aromatic carbocycles. The third-order valence-corrected chi connectivity index (χ3v) is 1.40. The number of hydrogen-bond donors (Lipinski definition) is 0. The quantitative estimate of drug-likeness (QED) is 0.364. The van der Waals surface area contributed by atoms with Gasteiger partial charge in [-0.15, -0.1) is 0 Å². The molecule has 10 heavy (non-hydrogen) atoms. The number of methoxy groups -OCH3 is 1. The summed E-state index contributed by atoms with van der Waals surface area (Å²) < 4.78 is 5.96. The van der Waals surface area contributed by atoms with E-state index >= 15 is 0 Å². The lowest BCUT2D eigenvalue weighted by Gasteiger charge is -1.89. The number of carbonyl (C=O) groups is 1. The first-order valence-corrected chi connectivity index (χ1v) is 3.57. The van der Waals surface area contributed by atoms with Crippen molar-refractivity contribution < 1.29 is 9.53 Å². The van der Waals surface area contributed by atoms with Gasteiger partial charge in [-0.2, -0.15) is 5.10 Å². The number of hydrogen-bond acceptors (Lipinski definition) is 4. The summed E-state index contributed by atoms with van der Waals surface area (Å²) in [6.07, 6.45) is 1.50. The van der Waals surface area contributed by atoms with Crippen LogP contribution >= 0.6 is 0 Å². The number of rotatable bonds is 1. The van der Waals surface area contributed by atoms with E-state index in [-0.39, 0.29) is 5.82 Å². The maximum Gasteiger partial charge on any atom is 0.400 e. The van der Waals surface area contributed by atoms with Crippen molar-refractivity contribution in [2.75, 3.05) is 7.11 Å². The average molecular weight is 155 g/mol. The topological polar surface area (TPSA) is 57.0 Å². The van der Waals surface area contributed by atoms with Crippen molar-refractivity contribution in [3.05, 3.63) is 12.2 Å². The first-order valence-electron chi connectivity index (χ1n) is 2.68. The van der Waals surface area contributed by atoms with Gasteiger partial charge in [-0.3, -0.25) is 0 Å². The van der Waals surface area contributed by atoms with Crippen LogP contribution in [-0.4, -0.2) is 43.3 Å². The first-order chi connectivity index (χ1) is 4.74. The van der Waals surface area contributed by atoms with E-state index in [2.05, 4.69) is 14.8 Å². The van der Waals surface area contributed by atoms with Crippen LogP contribution in [0.5, 0.6) is 0 Å². The van der Waals surface area contributed by atoms with Crippen molar-refractivity contribution in [2.24, 2.45) is 0 Å². The number of aromatic nitrogens is 3. The third-order valence-electron chi connectivity index (χ3n) is 0.968. The van der Waals surface area contributed by atoms with Crippen LogP contribution in [0.4, 0.5) is 0 Å². The second kappa shape index (κ2) is 2.82. The summed E-state index contributed by atoms with van der Waals surface area (Å²) in [5.41, 5.74) is 0. The molecule has 52 valence electrons. The highest BCUT2D eigenvalue weighted by molar-refractivity contribution is 6.05. The molecule has 1 aromatic heterocycles. The molecule has 0 aliphatic rings. The highest BCUT2D eigenvalue weighted by atomic mass is 27.1. The molecule has 1 heterocycles. The van der Waals surface area contributed by atoms with Crippen molar-refractivity contribution in [1.29, 1.82) is 0 Å².